The Morgan fingerprint density at radius 1 is 1.23 bits per heavy atom. The summed E-state index contributed by atoms with van der Waals surface area (Å²) in [5.41, 5.74) is 1.99. The normalized spacial score (nSPS) is 10.7. The van der Waals surface area contributed by atoms with Crippen molar-refractivity contribution in [1.82, 2.24) is 9.55 Å². The monoisotopic (exact) mass is 309 g/mol. The Morgan fingerprint density at radius 2 is 2.05 bits per heavy atom. The zero-order valence-corrected chi connectivity index (χ0v) is 12.8. The molecule has 0 aliphatic carbocycles. The van der Waals surface area contributed by atoms with Crippen molar-refractivity contribution in [2.24, 2.45) is 0 Å². The van der Waals surface area contributed by atoms with Crippen LogP contribution < -0.4 is 5.56 Å². The second-order valence-corrected chi connectivity index (χ2v) is 5.91. The van der Waals surface area contributed by atoms with E-state index in [1.54, 1.807) is 10.9 Å². The molecule has 5 heteroatoms. The fourth-order valence-electron chi connectivity index (χ4n) is 2.44. The summed E-state index contributed by atoms with van der Waals surface area (Å²) < 4.78 is 1.65. The van der Waals surface area contributed by atoms with E-state index in [0.29, 0.717) is 18.4 Å². The summed E-state index contributed by atoms with van der Waals surface area (Å²) in [5, 5.41) is 11.3. The maximum Gasteiger partial charge on any atom is 0.262 e. The number of hydrogen-bond acceptors (Lipinski definition) is 4. The van der Waals surface area contributed by atoms with Crippen LogP contribution in [0.25, 0.3) is 21.3 Å². The Labute approximate surface area is 132 Å². The number of rotatable bonds is 5. The minimum atomic E-state index is 0.00191. The molecule has 4 nitrogen and oxygen atoms in total. The van der Waals surface area contributed by atoms with Crippen LogP contribution in [-0.2, 0) is 6.54 Å². The van der Waals surface area contributed by atoms with Gasteiger partial charge in [-0.05, 0) is 18.4 Å². The van der Waals surface area contributed by atoms with Crippen molar-refractivity contribution in [3.05, 3.63) is 52.4 Å². The van der Waals surface area contributed by atoms with Crippen molar-refractivity contribution < 1.29 is 0 Å². The second-order valence-electron chi connectivity index (χ2n) is 5.05. The SMILES string of the molecule is N#CCCCCn1cnc2scc(-c3ccccc3)c2c1=O. The molecule has 1 aromatic carbocycles. The lowest BCUT2D eigenvalue weighted by Gasteiger charge is -2.05. The quantitative estimate of drug-likeness (QED) is 0.673. The lowest BCUT2D eigenvalue weighted by Crippen LogP contribution is -2.20. The first-order valence-electron chi connectivity index (χ1n) is 7.20. The molecule has 22 heavy (non-hydrogen) atoms. The number of aromatic nitrogens is 2. The first-order valence-corrected chi connectivity index (χ1v) is 8.08. The van der Waals surface area contributed by atoms with Crippen LogP contribution in [-0.4, -0.2) is 9.55 Å². The van der Waals surface area contributed by atoms with Gasteiger partial charge in [-0.3, -0.25) is 9.36 Å². The Balaban J connectivity index is 1.99. The molecule has 110 valence electrons. The molecule has 0 aliphatic rings. The molecular weight excluding hydrogens is 294 g/mol. The molecule has 0 fully saturated rings. The molecule has 0 unspecified atom stereocenters. The van der Waals surface area contributed by atoms with Crippen LogP contribution in [0.15, 0.2) is 46.8 Å². The lowest BCUT2D eigenvalue weighted by atomic mass is 10.1. The summed E-state index contributed by atoms with van der Waals surface area (Å²) >= 11 is 1.50. The summed E-state index contributed by atoms with van der Waals surface area (Å²) in [6.07, 6.45) is 3.75. The van der Waals surface area contributed by atoms with Crippen molar-refractivity contribution in [2.45, 2.75) is 25.8 Å². The second kappa shape index (κ2) is 6.54. The molecule has 0 N–H and O–H groups in total. The molecule has 0 spiro atoms. The summed E-state index contributed by atoms with van der Waals surface area (Å²) in [7, 11) is 0. The maximum atomic E-state index is 12.7. The van der Waals surface area contributed by atoms with E-state index >= 15 is 0 Å². The van der Waals surface area contributed by atoms with Crippen molar-refractivity contribution in [2.75, 3.05) is 0 Å². The molecule has 0 saturated carbocycles. The highest BCUT2D eigenvalue weighted by Gasteiger charge is 2.12. The van der Waals surface area contributed by atoms with E-state index in [4.69, 9.17) is 5.26 Å². The molecule has 0 atom stereocenters. The van der Waals surface area contributed by atoms with Gasteiger partial charge in [-0.25, -0.2) is 4.98 Å². The number of unbranched alkanes of at least 4 members (excludes halogenated alkanes) is 2. The molecule has 2 heterocycles. The van der Waals surface area contributed by atoms with Gasteiger partial charge in [0.15, 0.2) is 0 Å². The number of aryl methyl sites for hydroxylation is 1. The number of nitrogens with zero attached hydrogens (tertiary/aromatic N) is 3. The van der Waals surface area contributed by atoms with Gasteiger partial charge in [-0.15, -0.1) is 11.3 Å². The Bertz CT molecular complexity index is 874. The van der Waals surface area contributed by atoms with Crippen LogP contribution >= 0.6 is 11.3 Å². The fourth-order valence-corrected chi connectivity index (χ4v) is 3.35. The van der Waals surface area contributed by atoms with Crippen molar-refractivity contribution in [3.8, 4) is 17.2 Å². The maximum absolute atomic E-state index is 12.7. The summed E-state index contributed by atoms with van der Waals surface area (Å²) in [6.45, 7) is 0.605. The summed E-state index contributed by atoms with van der Waals surface area (Å²) in [5.74, 6) is 0. The van der Waals surface area contributed by atoms with Crippen molar-refractivity contribution in [1.29, 1.82) is 5.26 Å². The first-order chi connectivity index (χ1) is 10.8. The van der Waals surface area contributed by atoms with E-state index in [-0.39, 0.29) is 5.56 Å². The summed E-state index contributed by atoms with van der Waals surface area (Å²) in [6, 6.07) is 12.0. The largest absolute Gasteiger partial charge is 0.299 e. The van der Waals surface area contributed by atoms with Gasteiger partial charge < -0.3 is 0 Å². The molecule has 0 bridgehead atoms. The molecule has 0 aliphatic heterocycles. The van der Waals surface area contributed by atoms with E-state index in [0.717, 1.165) is 28.8 Å². The highest BCUT2D eigenvalue weighted by atomic mass is 32.1. The third-order valence-electron chi connectivity index (χ3n) is 3.58. The molecular formula is C17H15N3OS. The van der Waals surface area contributed by atoms with Crippen LogP contribution in [0.4, 0.5) is 0 Å². The van der Waals surface area contributed by atoms with Gasteiger partial charge in [-0.2, -0.15) is 5.26 Å². The molecule has 2 aromatic heterocycles. The predicted molar refractivity (Wildman–Crippen MR) is 88.8 cm³/mol. The smallest absolute Gasteiger partial charge is 0.262 e. The molecule has 0 saturated heterocycles. The topological polar surface area (TPSA) is 58.7 Å². The van der Waals surface area contributed by atoms with Crippen LogP contribution in [0, 0.1) is 11.3 Å². The van der Waals surface area contributed by atoms with E-state index < -0.39 is 0 Å². The Hall–Kier alpha value is -2.45. The third-order valence-corrected chi connectivity index (χ3v) is 4.47. The number of benzene rings is 1. The average Bonchev–Trinajstić information content (AvgIpc) is 2.99. The van der Waals surface area contributed by atoms with Gasteiger partial charge in [0.2, 0.25) is 0 Å². The molecule has 0 amide bonds. The third kappa shape index (κ3) is 2.78. The van der Waals surface area contributed by atoms with Gasteiger partial charge >= 0.3 is 0 Å². The van der Waals surface area contributed by atoms with Crippen LogP contribution in [0.5, 0.6) is 0 Å². The van der Waals surface area contributed by atoms with E-state index in [1.807, 2.05) is 35.7 Å². The minimum Gasteiger partial charge on any atom is -0.299 e. The van der Waals surface area contributed by atoms with Gasteiger partial charge in [0.05, 0.1) is 17.8 Å². The number of nitriles is 1. The average molecular weight is 309 g/mol. The standard InChI is InChI=1S/C17H15N3OS/c18-9-5-2-6-10-20-12-19-16-15(17(20)21)14(11-22-16)13-7-3-1-4-8-13/h1,3-4,7-8,11-12H,2,5-6,10H2. The molecule has 0 radical (unpaired) electrons. The first kappa shape index (κ1) is 14.5. The summed E-state index contributed by atoms with van der Waals surface area (Å²) in [4.78, 5) is 17.9. The number of hydrogen-bond donors (Lipinski definition) is 0. The predicted octanol–water partition coefficient (Wildman–Crippen LogP) is 3.82. The van der Waals surface area contributed by atoms with Gasteiger partial charge in [-0.1, -0.05) is 30.3 Å². The Kier molecular flexibility index (Phi) is 4.31. The highest BCUT2D eigenvalue weighted by Crippen LogP contribution is 2.30. The van der Waals surface area contributed by atoms with Crippen LogP contribution in [0.1, 0.15) is 19.3 Å². The fraction of sp³-hybridized carbons (Fsp3) is 0.235. The van der Waals surface area contributed by atoms with Crippen molar-refractivity contribution in [3.63, 3.8) is 0 Å². The minimum absolute atomic E-state index is 0.00191. The Morgan fingerprint density at radius 3 is 2.82 bits per heavy atom. The van der Waals surface area contributed by atoms with Gasteiger partial charge in [0.1, 0.15) is 4.83 Å². The number of fused-ring (bicyclic) bond motifs is 1. The van der Waals surface area contributed by atoms with E-state index in [9.17, 15) is 4.79 Å². The number of thiophene rings is 1. The zero-order valence-electron chi connectivity index (χ0n) is 12.0. The highest BCUT2D eigenvalue weighted by molar-refractivity contribution is 7.17. The molecule has 3 rings (SSSR count). The molecule has 3 aromatic rings. The van der Waals surface area contributed by atoms with Gasteiger partial charge in [0, 0.05) is 23.9 Å². The van der Waals surface area contributed by atoms with Crippen molar-refractivity contribution >= 4 is 21.6 Å². The van der Waals surface area contributed by atoms with Crippen LogP contribution in [0.3, 0.4) is 0 Å². The van der Waals surface area contributed by atoms with E-state index in [1.165, 1.54) is 11.3 Å². The van der Waals surface area contributed by atoms with E-state index in [2.05, 4.69) is 11.1 Å². The van der Waals surface area contributed by atoms with Gasteiger partial charge in [0.25, 0.3) is 5.56 Å². The van der Waals surface area contributed by atoms with Crippen LogP contribution in [0.2, 0.25) is 0 Å². The lowest BCUT2D eigenvalue weighted by molar-refractivity contribution is 0.596. The zero-order chi connectivity index (χ0) is 15.4.